The van der Waals surface area contributed by atoms with Gasteiger partial charge in [0.05, 0.1) is 18.8 Å². The van der Waals surface area contributed by atoms with E-state index < -0.39 is 30.2 Å². The van der Waals surface area contributed by atoms with E-state index in [2.05, 4.69) is 27.4 Å². The zero-order valence-corrected chi connectivity index (χ0v) is 15.0. The predicted molar refractivity (Wildman–Crippen MR) is 97.6 cm³/mol. The summed E-state index contributed by atoms with van der Waals surface area (Å²) in [5.74, 6) is 0.148. The molecule has 1 aliphatic carbocycles. The second-order valence-electron chi connectivity index (χ2n) is 7.45. The summed E-state index contributed by atoms with van der Waals surface area (Å²) in [5.41, 5.74) is 2.11. The van der Waals surface area contributed by atoms with Crippen LogP contribution in [0, 0.1) is 11.7 Å². The third-order valence-corrected chi connectivity index (χ3v) is 5.57. The molecular weight excluding hydrogens is 349 g/mol. The number of nitrogens with one attached hydrogen (secondary N) is 1. The maximum atomic E-state index is 13.7. The molecule has 7 heteroatoms. The first kappa shape index (κ1) is 18.3. The van der Waals surface area contributed by atoms with Crippen LogP contribution in [-0.2, 0) is 11.2 Å². The van der Waals surface area contributed by atoms with E-state index in [-0.39, 0.29) is 12.4 Å². The number of aromatic nitrogens is 2. The predicted octanol–water partition coefficient (Wildman–Crippen LogP) is 2.23. The van der Waals surface area contributed by atoms with Gasteiger partial charge in [0.1, 0.15) is 24.6 Å². The van der Waals surface area contributed by atoms with Crippen LogP contribution in [0.25, 0.3) is 0 Å². The highest BCUT2D eigenvalue weighted by Crippen LogP contribution is 2.32. The standard InChI is InChI=1S/C20H24FN3O3/c21-15-9-22-11-23-20(15)24-16-10-27-19(18(26)17(16)25)14-6-4-13(5-7-14)8-12-2-1-3-12/h4-7,9,11-12,16-19,25-26H,1-3,8,10H2,(H,22,23,24)/t16-,17+,18+,19+/m0/s1. The molecule has 3 N–H and O–H groups in total. The Kier molecular flexibility index (Phi) is 5.33. The lowest BCUT2D eigenvalue weighted by molar-refractivity contribution is -0.142. The van der Waals surface area contributed by atoms with Crippen LogP contribution < -0.4 is 5.32 Å². The fourth-order valence-electron chi connectivity index (χ4n) is 3.71. The Balaban J connectivity index is 1.40. The number of rotatable bonds is 5. The van der Waals surface area contributed by atoms with Gasteiger partial charge in [0.25, 0.3) is 0 Å². The Morgan fingerprint density at radius 2 is 1.93 bits per heavy atom. The van der Waals surface area contributed by atoms with Crippen LogP contribution in [0.2, 0.25) is 0 Å². The molecule has 1 saturated carbocycles. The Morgan fingerprint density at radius 1 is 1.15 bits per heavy atom. The van der Waals surface area contributed by atoms with Crippen molar-refractivity contribution in [3.05, 3.63) is 53.7 Å². The lowest BCUT2D eigenvalue weighted by Crippen LogP contribution is -2.52. The van der Waals surface area contributed by atoms with E-state index in [4.69, 9.17) is 4.74 Å². The summed E-state index contributed by atoms with van der Waals surface area (Å²) < 4.78 is 19.5. The van der Waals surface area contributed by atoms with Gasteiger partial charge in [-0.1, -0.05) is 43.5 Å². The average Bonchev–Trinajstić information content (AvgIpc) is 2.65. The minimum Gasteiger partial charge on any atom is -0.388 e. The Morgan fingerprint density at radius 3 is 2.59 bits per heavy atom. The molecule has 0 spiro atoms. The third-order valence-electron chi connectivity index (χ3n) is 5.57. The number of aliphatic hydroxyl groups is 2. The minimum atomic E-state index is -1.13. The fourth-order valence-corrected chi connectivity index (χ4v) is 3.71. The Bertz CT molecular complexity index is 769. The van der Waals surface area contributed by atoms with Crippen LogP contribution in [0.1, 0.15) is 36.5 Å². The van der Waals surface area contributed by atoms with Crippen LogP contribution >= 0.6 is 0 Å². The van der Waals surface area contributed by atoms with Crippen LogP contribution in [0.5, 0.6) is 0 Å². The van der Waals surface area contributed by atoms with E-state index in [1.54, 1.807) is 0 Å². The molecule has 0 amide bonds. The topological polar surface area (TPSA) is 87.5 Å². The molecule has 4 atom stereocenters. The van der Waals surface area contributed by atoms with Crippen molar-refractivity contribution in [3.8, 4) is 0 Å². The second kappa shape index (κ2) is 7.88. The van der Waals surface area contributed by atoms with Crippen molar-refractivity contribution < 1.29 is 19.3 Å². The lowest BCUT2D eigenvalue weighted by Gasteiger charge is -2.38. The van der Waals surface area contributed by atoms with Gasteiger partial charge in [-0.25, -0.2) is 14.4 Å². The molecule has 2 heterocycles. The summed E-state index contributed by atoms with van der Waals surface area (Å²) in [4.78, 5) is 7.40. The van der Waals surface area contributed by atoms with Gasteiger partial charge in [0.15, 0.2) is 11.6 Å². The highest BCUT2D eigenvalue weighted by atomic mass is 19.1. The first-order valence-electron chi connectivity index (χ1n) is 9.40. The normalized spacial score (nSPS) is 28.6. The average molecular weight is 373 g/mol. The molecule has 4 rings (SSSR count). The van der Waals surface area contributed by atoms with E-state index in [1.807, 2.05) is 12.1 Å². The smallest absolute Gasteiger partial charge is 0.183 e. The van der Waals surface area contributed by atoms with Gasteiger partial charge in [-0.2, -0.15) is 0 Å². The van der Waals surface area contributed by atoms with E-state index in [9.17, 15) is 14.6 Å². The quantitative estimate of drug-likeness (QED) is 0.745. The molecule has 0 unspecified atom stereocenters. The maximum Gasteiger partial charge on any atom is 0.183 e. The number of hydrogen-bond acceptors (Lipinski definition) is 6. The van der Waals surface area contributed by atoms with Crippen LogP contribution in [0.15, 0.2) is 36.8 Å². The Hall–Kier alpha value is -2.09. The summed E-state index contributed by atoms with van der Waals surface area (Å²) in [6, 6.07) is 7.37. The molecular formula is C20H24FN3O3. The van der Waals surface area contributed by atoms with E-state index in [0.29, 0.717) is 0 Å². The first-order chi connectivity index (χ1) is 13.1. The van der Waals surface area contributed by atoms with Crippen molar-refractivity contribution in [2.24, 2.45) is 5.92 Å². The van der Waals surface area contributed by atoms with Crippen molar-refractivity contribution >= 4 is 5.82 Å². The highest BCUT2D eigenvalue weighted by molar-refractivity contribution is 5.36. The zero-order chi connectivity index (χ0) is 18.8. The highest BCUT2D eigenvalue weighted by Gasteiger charge is 2.39. The van der Waals surface area contributed by atoms with Crippen LogP contribution in [0.3, 0.4) is 0 Å². The second-order valence-corrected chi connectivity index (χ2v) is 7.45. The van der Waals surface area contributed by atoms with E-state index >= 15 is 0 Å². The number of halogens is 1. The van der Waals surface area contributed by atoms with Gasteiger partial charge < -0.3 is 20.3 Å². The number of aliphatic hydroxyl groups excluding tert-OH is 2. The summed E-state index contributed by atoms with van der Waals surface area (Å²) >= 11 is 0. The molecule has 1 aromatic heterocycles. The summed E-state index contributed by atoms with van der Waals surface area (Å²) in [6.45, 7) is 0.121. The van der Waals surface area contributed by atoms with Gasteiger partial charge in [-0.15, -0.1) is 0 Å². The van der Waals surface area contributed by atoms with Crippen molar-refractivity contribution in [1.82, 2.24) is 9.97 Å². The Labute approximate surface area is 157 Å². The summed E-state index contributed by atoms with van der Waals surface area (Å²) in [7, 11) is 0. The molecule has 2 aliphatic rings. The number of ether oxygens (including phenoxy) is 1. The number of anilines is 1. The molecule has 0 radical (unpaired) electrons. The molecule has 2 aromatic rings. The number of nitrogens with zero attached hydrogens (tertiary/aromatic N) is 2. The van der Waals surface area contributed by atoms with E-state index in [0.717, 1.165) is 24.1 Å². The molecule has 1 aliphatic heterocycles. The lowest BCUT2D eigenvalue weighted by atomic mass is 9.81. The first-order valence-corrected chi connectivity index (χ1v) is 9.40. The summed E-state index contributed by atoms with van der Waals surface area (Å²) in [6.07, 6.45) is 4.42. The fraction of sp³-hybridized carbons (Fsp3) is 0.500. The molecule has 1 saturated heterocycles. The molecule has 144 valence electrons. The SMILES string of the molecule is O[C@@H]1[C@H](O)[C@@H](Nc2ncncc2F)CO[C@@H]1c1ccc(CC2CCC2)cc1. The van der Waals surface area contributed by atoms with Gasteiger partial charge in [0.2, 0.25) is 0 Å². The molecule has 6 nitrogen and oxygen atoms in total. The third kappa shape index (κ3) is 3.95. The van der Waals surface area contributed by atoms with Crippen molar-refractivity contribution in [2.75, 3.05) is 11.9 Å². The van der Waals surface area contributed by atoms with Crippen molar-refractivity contribution in [2.45, 2.75) is 50.0 Å². The molecule has 2 fully saturated rings. The molecule has 27 heavy (non-hydrogen) atoms. The largest absolute Gasteiger partial charge is 0.388 e. The van der Waals surface area contributed by atoms with Crippen LogP contribution in [-0.4, -0.2) is 45.0 Å². The minimum absolute atomic E-state index is 0.0244. The van der Waals surface area contributed by atoms with Crippen molar-refractivity contribution in [3.63, 3.8) is 0 Å². The van der Waals surface area contributed by atoms with Gasteiger partial charge in [-0.3, -0.25) is 0 Å². The monoisotopic (exact) mass is 373 g/mol. The summed E-state index contributed by atoms with van der Waals surface area (Å²) in [5, 5.41) is 23.8. The van der Waals surface area contributed by atoms with Crippen LogP contribution in [0.4, 0.5) is 10.2 Å². The number of hydrogen-bond donors (Lipinski definition) is 3. The van der Waals surface area contributed by atoms with Crippen molar-refractivity contribution in [1.29, 1.82) is 0 Å². The van der Waals surface area contributed by atoms with Gasteiger partial charge in [0, 0.05) is 0 Å². The van der Waals surface area contributed by atoms with Gasteiger partial charge in [-0.05, 0) is 23.5 Å². The van der Waals surface area contributed by atoms with Gasteiger partial charge >= 0.3 is 0 Å². The molecule has 1 aromatic carbocycles. The zero-order valence-electron chi connectivity index (χ0n) is 15.0. The number of benzene rings is 1. The maximum absolute atomic E-state index is 13.7. The molecule has 0 bridgehead atoms. The van der Waals surface area contributed by atoms with E-state index in [1.165, 1.54) is 31.2 Å².